The number of benzene rings is 2. The van der Waals surface area contributed by atoms with Gasteiger partial charge in [-0.25, -0.2) is 8.42 Å². The summed E-state index contributed by atoms with van der Waals surface area (Å²) >= 11 is 0. The number of anilines is 1. The largest absolute Gasteiger partial charge is 0.495 e. The number of nitrogens with zero attached hydrogens (tertiary/aromatic N) is 2. The minimum absolute atomic E-state index is 0.151. The molecule has 0 radical (unpaired) electrons. The fourth-order valence-electron chi connectivity index (χ4n) is 3.71. The summed E-state index contributed by atoms with van der Waals surface area (Å²) in [7, 11) is -0.170. The van der Waals surface area contributed by atoms with Crippen molar-refractivity contribution in [3.8, 4) is 5.75 Å². The number of nitrogens with one attached hydrogen (secondary N) is 1. The summed E-state index contributed by atoms with van der Waals surface area (Å²) in [6, 6.07) is 12.6. The molecule has 0 bridgehead atoms. The molecule has 2 aromatic rings. The Balaban J connectivity index is 1.72. The quantitative estimate of drug-likeness (QED) is 0.623. The molecule has 0 spiro atoms. The van der Waals surface area contributed by atoms with Gasteiger partial charge in [0.1, 0.15) is 5.75 Å². The zero-order valence-corrected chi connectivity index (χ0v) is 20.0. The van der Waals surface area contributed by atoms with E-state index in [0.29, 0.717) is 37.6 Å². The third-order valence-corrected chi connectivity index (χ3v) is 7.65. The van der Waals surface area contributed by atoms with E-state index in [-0.39, 0.29) is 17.2 Å². The lowest BCUT2D eigenvalue weighted by atomic mass is 10.0. The monoisotopic (exact) mass is 459 g/mol. The molecule has 1 N–H and O–H groups in total. The van der Waals surface area contributed by atoms with Gasteiger partial charge in [0.2, 0.25) is 15.9 Å². The number of piperazine rings is 1. The minimum Gasteiger partial charge on any atom is -0.495 e. The van der Waals surface area contributed by atoms with Crippen LogP contribution in [0.25, 0.3) is 0 Å². The van der Waals surface area contributed by atoms with Crippen LogP contribution in [0.2, 0.25) is 0 Å². The maximum atomic E-state index is 13.1. The predicted molar refractivity (Wildman–Crippen MR) is 127 cm³/mol. The first-order chi connectivity index (χ1) is 15.3. The van der Waals surface area contributed by atoms with Crippen LogP contribution in [0.3, 0.4) is 0 Å². The average molecular weight is 460 g/mol. The molecule has 0 aromatic heterocycles. The van der Waals surface area contributed by atoms with Gasteiger partial charge >= 0.3 is 0 Å². The Kier molecular flexibility index (Phi) is 8.28. The van der Waals surface area contributed by atoms with Gasteiger partial charge in [-0.15, -0.1) is 0 Å². The van der Waals surface area contributed by atoms with Crippen LogP contribution < -0.4 is 10.1 Å². The molecule has 1 aliphatic rings. The number of carbonyl (C=O) groups excluding carboxylic acids is 1. The first kappa shape index (κ1) is 24.2. The van der Waals surface area contributed by atoms with E-state index in [9.17, 15) is 13.2 Å². The summed E-state index contributed by atoms with van der Waals surface area (Å²) in [4.78, 5) is 14.9. The van der Waals surface area contributed by atoms with Gasteiger partial charge in [0, 0.05) is 26.2 Å². The Morgan fingerprint density at radius 1 is 1.03 bits per heavy atom. The Hall–Kier alpha value is -2.42. The zero-order chi connectivity index (χ0) is 23.1. The highest BCUT2D eigenvalue weighted by molar-refractivity contribution is 7.89. The van der Waals surface area contributed by atoms with Crippen LogP contribution in [-0.2, 0) is 27.7 Å². The highest BCUT2D eigenvalue weighted by atomic mass is 32.2. The molecule has 174 valence electrons. The van der Waals surface area contributed by atoms with Gasteiger partial charge in [0.25, 0.3) is 0 Å². The van der Waals surface area contributed by atoms with Crippen LogP contribution in [-0.4, -0.2) is 63.9 Å². The van der Waals surface area contributed by atoms with Crippen LogP contribution >= 0.6 is 0 Å². The number of aryl methyl sites for hydroxylation is 1. The lowest BCUT2D eigenvalue weighted by Crippen LogP contribution is -2.47. The molecule has 0 unspecified atom stereocenters. The van der Waals surface area contributed by atoms with Crippen molar-refractivity contribution in [3.63, 3.8) is 0 Å². The summed E-state index contributed by atoms with van der Waals surface area (Å²) in [5.74, 6) is 0.198. The number of sulfonamides is 1. The van der Waals surface area contributed by atoms with Crippen molar-refractivity contribution in [3.05, 3.63) is 53.6 Å². The number of rotatable bonds is 9. The predicted octanol–water partition coefficient (Wildman–Crippen LogP) is 3.16. The standard InChI is InChI=1S/C24H33N3O4S/c1-4-5-6-19-7-9-20(10-8-19)17-24(28)25-22-18-21(11-12-23(22)31-3)32(29,30)27-15-13-26(2)14-16-27/h7-12,18H,4-6,13-17H2,1-3H3,(H,25,28). The number of hydrogen-bond donors (Lipinski definition) is 1. The summed E-state index contributed by atoms with van der Waals surface area (Å²) in [6.45, 7) is 4.44. The van der Waals surface area contributed by atoms with E-state index in [2.05, 4.69) is 29.3 Å². The fraction of sp³-hybridized carbons (Fsp3) is 0.458. The number of hydrogen-bond acceptors (Lipinski definition) is 5. The third-order valence-electron chi connectivity index (χ3n) is 5.75. The SMILES string of the molecule is CCCCc1ccc(CC(=O)Nc2cc(S(=O)(=O)N3CCN(C)CC3)ccc2OC)cc1. The van der Waals surface area contributed by atoms with Gasteiger partial charge in [-0.1, -0.05) is 37.6 Å². The second-order valence-electron chi connectivity index (χ2n) is 8.21. The molecule has 1 aliphatic heterocycles. The molecule has 8 heteroatoms. The molecule has 3 rings (SSSR count). The van der Waals surface area contributed by atoms with Gasteiger partial charge in [-0.2, -0.15) is 4.31 Å². The molecule has 7 nitrogen and oxygen atoms in total. The first-order valence-corrected chi connectivity index (χ1v) is 12.5. The van der Waals surface area contributed by atoms with Crippen LogP contribution in [0.5, 0.6) is 5.75 Å². The topological polar surface area (TPSA) is 79.0 Å². The number of likely N-dealkylation sites (N-methyl/N-ethyl adjacent to an activating group) is 1. The molecule has 0 saturated carbocycles. The third kappa shape index (κ3) is 6.09. The van der Waals surface area contributed by atoms with E-state index in [1.807, 2.05) is 19.2 Å². The van der Waals surface area contributed by atoms with Crippen LogP contribution in [0.1, 0.15) is 30.9 Å². The molecule has 1 fully saturated rings. The van der Waals surface area contributed by atoms with E-state index in [1.54, 1.807) is 6.07 Å². The molecule has 1 heterocycles. The van der Waals surface area contributed by atoms with E-state index in [1.165, 1.54) is 29.1 Å². The number of amides is 1. The van der Waals surface area contributed by atoms with Gasteiger partial charge in [0.15, 0.2) is 0 Å². The summed E-state index contributed by atoms with van der Waals surface area (Å²) in [5.41, 5.74) is 2.52. The van der Waals surface area contributed by atoms with Crippen LogP contribution in [0, 0.1) is 0 Å². The number of unbranched alkanes of at least 4 members (excludes halogenated alkanes) is 1. The number of ether oxygens (including phenoxy) is 1. The molecule has 1 amide bonds. The highest BCUT2D eigenvalue weighted by Crippen LogP contribution is 2.29. The van der Waals surface area contributed by atoms with E-state index < -0.39 is 10.0 Å². The second-order valence-corrected chi connectivity index (χ2v) is 10.2. The normalized spacial score (nSPS) is 15.5. The Morgan fingerprint density at radius 2 is 1.69 bits per heavy atom. The van der Waals surface area contributed by atoms with Gasteiger partial charge in [-0.3, -0.25) is 4.79 Å². The second kappa shape index (κ2) is 10.9. The van der Waals surface area contributed by atoms with E-state index in [4.69, 9.17) is 4.74 Å². The van der Waals surface area contributed by atoms with Gasteiger partial charge in [0.05, 0.1) is 24.1 Å². The van der Waals surface area contributed by atoms with Crippen molar-refractivity contribution in [2.45, 2.75) is 37.5 Å². The lowest BCUT2D eigenvalue weighted by molar-refractivity contribution is -0.115. The molecule has 32 heavy (non-hydrogen) atoms. The van der Waals surface area contributed by atoms with Gasteiger partial charge < -0.3 is 15.0 Å². The first-order valence-electron chi connectivity index (χ1n) is 11.1. The highest BCUT2D eigenvalue weighted by Gasteiger charge is 2.28. The average Bonchev–Trinajstić information content (AvgIpc) is 2.79. The number of methoxy groups -OCH3 is 1. The lowest BCUT2D eigenvalue weighted by Gasteiger charge is -2.31. The fourth-order valence-corrected chi connectivity index (χ4v) is 5.16. The van der Waals surface area contributed by atoms with E-state index >= 15 is 0 Å². The van der Waals surface area contributed by atoms with Crippen molar-refractivity contribution in [1.29, 1.82) is 0 Å². The summed E-state index contributed by atoms with van der Waals surface area (Å²) in [5, 5.41) is 2.83. The summed E-state index contributed by atoms with van der Waals surface area (Å²) in [6.07, 6.45) is 3.53. The molecule has 1 saturated heterocycles. The van der Waals surface area contributed by atoms with Crippen molar-refractivity contribution in [2.24, 2.45) is 0 Å². The maximum Gasteiger partial charge on any atom is 0.243 e. The Morgan fingerprint density at radius 3 is 2.31 bits per heavy atom. The van der Waals surface area contributed by atoms with Crippen molar-refractivity contribution >= 4 is 21.6 Å². The van der Waals surface area contributed by atoms with Gasteiger partial charge in [-0.05, 0) is 49.2 Å². The molecular formula is C24H33N3O4S. The molecular weight excluding hydrogens is 426 g/mol. The van der Waals surface area contributed by atoms with Crippen LogP contribution in [0.15, 0.2) is 47.4 Å². The molecule has 0 atom stereocenters. The Labute approximate surface area is 191 Å². The Bertz CT molecular complexity index is 1010. The van der Waals surface area contributed by atoms with Crippen molar-refractivity contribution in [1.82, 2.24) is 9.21 Å². The van der Waals surface area contributed by atoms with E-state index in [0.717, 1.165) is 24.8 Å². The smallest absolute Gasteiger partial charge is 0.243 e. The van der Waals surface area contributed by atoms with Crippen molar-refractivity contribution < 1.29 is 17.9 Å². The molecule has 2 aromatic carbocycles. The van der Waals surface area contributed by atoms with Crippen molar-refractivity contribution in [2.75, 3.05) is 45.7 Å². The zero-order valence-electron chi connectivity index (χ0n) is 19.1. The maximum absolute atomic E-state index is 13.1. The summed E-state index contributed by atoms with van der Waals surface area (Å²) < 4.78 is 33.0. The van der Waals surface area contributed by atoms with Crippen LogP contribution in [0.4, 0.5) is 5.69 Å². The number of carbonyl (C=O) groups is 1. The molecule has 0 aliphatic carbocycles. The minimum atomic E-state index is -3.64.